The molecule has 1 aliphatic heterocycles. The van der Waals surface area contributed by atoms with Gasteiger partial charge in [0.2, 0.25) is 0 Å². The lowest BCUT2D eigenvalue weighted by Crippen LogP contribution is -2.42. The monoisotopic (exact) mass is 270 g/mol. The Morgan fingerprint density at radius 2 is 2.21 bits per heavy atom. The van der Waals surface area contributed by atoms with Crippen LogP contribution in [0.3, 0.4) is 0 Å². The van der Waals surface area contributed by atoms with Crippen LogP contribution in [0.1, 0.15) is 32.6 Å². The molecule has 5 heteroatoms. The first-order valence-electron chi connectivity index (χ1n) is 7.40. The van der Waals surface area contributed by atoms with Crippen LogP contribution >= 0.6 is 0 Å². The molecular formula is C14H26N2O3. The molecule has 0 spiro atoms. The second-order valence-corrected chi connectivity index (χ2v) is 5.48. The molecule has 2 rings (SSSR count). The van der Waals surface area contributed by atoms with Crippen molar-refractivity contribution in [1.29, 1.82) is 0 Å². The Hall–Kier alpha value is -0.650. The summed E-state index contributed by atoms with van der Waals surface area (Å²) >= 11 is 0. The molecule has 110 valence electrons. The highest BCUT2D eigenvalue weighted by Crippen LogP contribution is 2.21. The molecule has 2 fully saturated rings. The minimum absolute atomic E-state index is 0.100. The molecule has 1 aliphatic carbocycles. The van der Waals surface area contributed by atoms with Gasteiger partial charge in [-0.25, -0.2) is 0 Å². The molecule has 0 amide bonds. The Kier molecular flexibility index (Phi) is 5.60. The quantitative estimate of drug-likeness (QED) is 0.661. The molecule has 0 bridgehead atoms. The van der Waals surface area contributed by atoms with Gasteiger partial charge < -0.3 is 19.7 Å². The molecule has 1 saturated carbocycles. The zero-order valence-electron chi connectivity index (χ0n) is 12.1. The van der Waals surface area contributed by atoms with Gasteiger partial charge in [-0.05, 0) is 32.6 Å². The van der Waals surface area contributed by atoms with Gasteiger partial charge in [-0.1, -0.05) is 0 Å². The number of carbonyl (C=O) groups excluding carboxylic acids is 1. The Morgan fingerprint density at radius 1 is 1.42 bits per heavy atom. The molecule has 5 nitrogen and oxygen atoms in total. The van der Waals surface area contributed by atoms with Crippen molar-refractivity contribution in [3.63, 3.8) is 0 Å². The number of carbonyl (C=O) groups is 1. The number of ether oxygens (including phenoxy) is 2. The van der Waals surface area contributed by atoms with Crippen molar-refractivity contribution in [3.8, 4) is 0 Å². The molecular weight excluding hydrogens is 244 g/mol. The molecule has 2 atom stereocenters. The second-order valence-electron chi connectivity index (χ2n) is 5.48. The lowest BCUT2D eigenvalue weighted by atomic mass is 10.2. The minimum Gasteiger partial charge on any atom is -0.465 e. The molecule has 0 aromatic carbocycles. The maximum Gasteiger partial charge on any atom is 0.323 e. The lowest BCUT2D eigenvalue weighted by Gasteiger charge is -2.21. The predicted octanol–water partition coefficient (Wildman–Crippen LogP) is 0.781. The van der Waals surface area contributed by atoms with E-state index in [1.165, 1.54) is 12.8 Å². The van der Waals surface area contributed by atoms with Crippen LogP contribution in [0.2, 0.25) is 0 Å². The molecule has 0 aromatic rings. The van der Waals surface area contributed by atoms with Crippen LogP contribution in [0.25, 0.3) is 0 Å². The van der Waals surface area contributed by atoms with Crippen LogP contribution in [-0.4, -0.2) is 62.4 Å². The number of nitrogens with one attached hydrogen (secondary N) is 1. The van der Waals surface area contributed by atoms with Gasteiger partial charge in [0.25, 0.3) is 0 Å². The topological polar surface area (TPSA) is 50.8 Å². The fourth-order valence-corrected chi connectivity index (χ4v) is 2.55. The van der Waals surface area contributed by atoms with E-state index in [0.717, 1.165) is 32.5 Å². The summed E-state index contributed by atoms with van der Waals surface area (Å²) < 4.78 is 10.5. The second kappa shape index (κ2) is 7.22. The Labute approximate surface area is 115 Å². The highest BCUT2D eigenvalue weighted by atomic mass is 16.5. The van der Waals surface area contributed by atoms with E-state index in [2.05, 4.69) is 10.2 Å². The van der Waals surface area contributed by atoms with Gasteiger partial charge in [-0.3, -0.25) is 4.79 Å². The number of methoxy groups -OCH3 is 1. The van der Waals surface area contributed by atoms with Crippen molar-refractivity contribution in [2.24, 2.45) is 0 Å². The van der Waals surface area contributed by atoms with Crippen LogP contribution < -0.4 is 5.32 Å². The molecule has 19 heavy (non-hydrogen) atoms. The number of nitrogens with zero attached hydrogens (tertiary/aromatic N) is 1. The highest BCUT2D eigenvalue weighted by Gasteiger charge is 2.30. The number of hydrogen-bond acceptors (Lipinski definition) is 5. The molecule has 1 saturated heterocycles. The third-order valence-corrected chi connectivity index (χ3v) is 3.88. The van der Waals surface area contributed by atoms with Crippen molar-refractivity contribution in [3.05, 3.63) is 0 Å². The average molecular weight is 270 g/mol. The molecule has 2 unspecified atom stereocenters. The first kappa shape index (κ1) is 14.8. The zero-order valence-corrected chi connectivity index (χ0v) is 12.1. The Balaban J connectivity index is 1.74. The summed E-state index contributed by atoms with van der Waals surface area (Å²) in [6.45, 7) is 5.29. The smallest absolute Gasteiger partial charge is 0.323 e. The van der Waals surface area contributed by atoms with E-state index in [0.29, 0.717) is 18.8 Å². The van der Waals surface area contributed by atoms with E-state index in [4.69, 9.17) is 9.47 Å². The van der Waals surface area contributed by atoms with Crippen LogP contribution in [-0.2, 0) is 14.3 Å². The van der Waals surface area contributed by atoms with Gasteiger partial charge >= 0.3 is 5.97 Å². The van der Waals surface area contributed by atoms with E-state index in [1.54, 1.807) is 7.11 Å². The van der Waals surface area contributed by atoms with Crippen molar-refractivity contribution >= 4 is 5.97 Å². The first-order valence-corrected chi connectivity index (χ1v) is 7.40. The lowest BCUT2D eigenvalue weighted by molar-refractivity contribution is -0.146. The standard InChI is InChI=1S/C14H26N2O3/c1-3-19-14(17)13(15-11-4-5-11)7-9-16-8-6-12(10-16)18-2/h11-13,15H,3-10H2,1-2H3. The summed E-state index contributed by atoms with van der Waals surface area (Å²) in [6, 6.07) is 0.383. The number of esters is 1. The van der Waals surface area contributed by atoms with E-state index < -0.39 is 0 Å². The van der Waals surface area contributed by atoms with Crippen molar-refractivity contribution in [2.75, 3.05) is 33.4 Å². The van der Waals surface area contributed by atoms with Crippen LogP contribution in [0.15, 0.2) is 0 Å². The van der Waals surface area contributed by atoms with E-state index in [9.17, 15) is 4.79 Å². The third-order valence-electron chi connectivity index (χ3n) is 3.88. The van der Waals surface area contributed by atoms with Crippen molar-refractivity contribution < 1.29 is 14.3 Å². The van der Waals surface area contributed by atoms with Crippen molar-refractivity contribution in [2.45, 2.75) is 50.8 Å². The fraction of sp³-hybridized carbons (Fsp3) is 0.929. The summed E-state index contributed by atoms with van der Waals surface area (Å²) in [7, 11) is 1.77. The van der Waals surface area contributed by atoms with Gasteiger partial charge in [0.1, 0.15) is 6.04 Å². The first-order chi connectivity index (χ1) is 9.22. The van der Waals surface area contributed by atoms with Crippen LogP contribution in [0.5, 0.6) is 0 Å². The third kappa shape index (κ3) is 4.75. The Bertz CT molecular complexity index is 294. The maximum atomic E-state index is 11.9. The molecule has 2 aliphatic rings. The summed E-state index contributed by atoms with van der Waals surface area (Å²) in [5.41, 5.74) is 0. The van der Waals surface area contributed by atoms with Gasteiger partial charge in [0, 0.05) is 32.8 Å². The fourth-order valence-electron chi connectivity index (χ4n) is 2.55. The zero-order chi connectivity index (χ0) is 13.7. The normalized spacial score (nSPS) is 25.5. The molecule has 0 aromatic heterocycles. The van der Waals surface area contributed by atoms with E-state index in [1.807, 2.05) is 6.92 Å². The molecule has 0 radical (unpaired) electrons. The summed E-state index contributed by atoms with van der Waals surface area (Å²) in [4.78, 5) is 14.3. The van der Waals surface area contributed by atoms with Crippen LogP contribution in [0.4, 0.5) is 0 Å². The molecule has 1 heterocycles. The van der Waals surface area contributed by atoms with Gasteiger partial charge in [-0.2, -0.15) is 0 Å². The number of rotatable bonds is 8. The predicted molar refractivity (Wildman–Crippen MR) is 73.0 cm³/mol. The van der Waals surface area contributed by atoms with Gasteiger partial charge in [0.15, 0.2) is 0 Å². The summed E-state index contributed by atoms with van der Waals surface area (Å²) in [5.74, 6) is -0.100. The van der Waals surface area contributed by atoms with Crippen LogP contribution in [0, 0.1) is 0 Å². The number of hydrogen-bond donors (Lipinski definition) is 1. The van der Waals surface area contributed by atoms with Gasteiger partial charge in [-0.15, -0.1) is 0 Å². The summed E-state index contributed by atoms with van der Waals surface area (Å²) in [6.07, 6.45) is 4.65. The van der Waals surface area contributed by atoms with E-state index in [-0.39, 0.29) is 12.0 Å². The van der Waals surface area contributed by atoms with Crippen molar-refractivity contribution in [1.82, 2.24) is 10.2 Å². The largest absolute Gasteiger partial charge is 0.465 e. The van der Waals surface area contributed by atoms with E-state index >= 15 is 0 Å². The highest BCUT2D eigenvalue weighted by molar-refractivity contribution is 5.75. The van der Waals surface area contributed by atoms with Gasteiger partial charge in [0.05, 0.1) is 12.7 Å². The molecule has 1 N–H and O–H groups in total. The number of likely N-dealkylation sites (tertiary alicyclic amines) is 1. The SMILES string of the molecule is CCOC(=O)C(CCN1CCC(OC)C1)NC1CC1. The average Bonchev–Trinajstić information content (AvgIpc) is 3.11. The minimum atomic E-state index is -0.144. The summed E-state index contributed by atoms with van der Waals surface area (Å²) in [5, 5.41) is 3.39. The maximum absolute atomic E-state index is 11.9. The Morgan fingerprint density at radius 3 is 2.79 bits per heavy atom.